The highest BCUT2D eigenvalue weighted by Crippen LogP contribution is 2.45. The van der Waals surface area contributed by atoms with Gasteiger partial charge in [0.05, 0.1) is 37.2 Å². The molecule has 0 saturated heterocycles. The molecular formula is C27H29NO7. The largest absolute Gasteiger partial charge is 0.493 e. The number of carbonyl (C=O) groups excluding carboxylic acids is 1. The van der Waals surface area contributed by atoms with Gasteiger partial charge >= 0.3 is 11.6 Å². The molecule has 0 aliphatic carbocycles. The van der Waals surface area contributed by atoms with Crippen molar-refractivity contribution in [2.45, 2.75) is 33.1 Å². The average molecular weight is 480 g/mol. The summed E-state index contributed by atoms with van der Waals surface area (Å²) in [5.74, 6) is 0.0715. The van der Waals surface area contributed by atoms with E-state index in [0.29, 0.717) is 40.6 Å². The van der Waals surface area contributed by atoms with E-state index in [0.717, 1.165) is 6.42 Å². The van der Waals surface area contributed by atoms with E-state index in [1.165, 1.54) is 7.11 Å². The number of nitrogens with two attached hydrogens (primary N) is 1. The molecule has 184 valence electrons. The maximum Gasteiger partial charge on any atom is 0.344 e. The highest BCUT2D eigenvalue weighted by Gasteiger charge is 2.39. The van der Waals surface area contributed by atoms with Gasteiger partial charge in [0.2, 0.25) is 5.88 Å². The lowest BCUT2D eigenvalue weighted by Gasteiger charge is -2.28. The van der Waals surface area contributed by atoms with Crippen LogP contribution in [0.15, 0.2) is 63.1 Å². The summed E-state index contributed by atoms with van der Waals surface area (Å²) in [4.78, 5) is 26.2. The fourth-order valence-corrected chi connectivity index (χ4v) is 4.09. The minimum Gasteiger partial charge on any atom is -0.493 e. The zero-order chi connectivity index (χ0) is 25.1. The first-order valence-corrected chi connectivity index (χ1v) is 11.6. The predicted octanol–water partition coefficient (Wildman–Crippen LogP) is 4.48. The molecule has 3 aromatic rings. The van der Waals surface area contributed by atoms with Crippen molar-refractivity contribution in [1.29, 1.82) is 0 Å². The van der Waals surface area contributed by atoms with Gasteiger partial charge in [-0.15, -0.1) is 0 Å². The molecule has 2 aromatic carbocycles. The summed E-state index contributed by atoms with van der Waals surface area (Å²) >= 11 is 0. The maximum absolute atomic E-state index is 13.2. The van der Waals surface area contributed by atoms with Crippen molar-refractivity contribution in [1.82, 2.24) is 0 Å². The fourth-order valence-electron chi connectivity index (χ4n) is 4.09. The number of fused-ring (bicyclic) bond motifs is 3. The van der Waals surface area contributed by atoms with Crippen LogP contribution in [0.2, 0.25) is 0 Å². The molecule has 0 unspecified atom stereocenters. The molecule has 0 radical (unpaired) electrons. The van der Waals surface area contributed by atoms with Crippen molar-refractivity contribution in [2.75, 3.05) is 20.3 Å². The summed E-state index contributed by atoms with van der Waals surface area (Å²) in [5, 5.41) is 0.568. The van der Waals surface area contributed by atoms with E-state index in [2.05, 4.69) is 13.8 Å². The standard InChI is InChI=1S/C27H29NO7/c1-5-32-26(29)23-21(16-10-11-19(20(14-16)31-4)33-13-12-15(2)3)22-24(35-25(23)28)17-8-6-7-9-18(17)34-27(22)30/h6-11,14-15,21H,5,12-13,28H2,1-4H3/t21-/m0/s1. The molecule has 1 aliphatic rings. The Hall–Kier alpha value is -3.94. The van der Waals surface area contributed by atoms with Gasteiger partial charge in [0.25, 0.3) is 0 Å². The van der Waals surface area contributed by atoms with Gasteiger partial charge in [-0.1, -0.05) is 32.0 Å². The number of rotatable bonds is 8. The summed E-state index contributed by atoms with van der Waals surface area (Å²) in [6.07, 6.45) is 0.888. The smallest absolute Gasteiger partial charge is 0.344 e. The zero-order valence-electron chi connectivity index (χ0n) is 20.3. The molecule has 35 heavy (non-hydrogen) atoms. The van der Waals surface area contributed by atoms with E-state index in [-0.39, 0.29) is 29.4 Å². The maximum atomic E-state index is 13.2. The summed E-state index contributed by atoms with van der Waals surface area (Å²) in [6, 6.07) is 12.2. The lowest BCUT2D eigenvalue weighted by molar-refractivity contribution is -0.139. The van der Waals surface area contributed by atoms with Gasteiger partial charge in [-0.3, -0.25) is 0 Å². The number of esters is 1. The van der Waals surface area contributed by atoms with Crippen LogP contribution in [0.4, 0.5) is 0 Å². The fraction of sp³-hybridized carbons (Fsp3) is 0.333. The first-order valence-electron chi connectivity index (χ1n) is 11.6. The van der Waals surface area contributed by atoms with Crippen LogP contribution in [0.1, 0.15) is 44.2 Å². The van der Waals surface area contributed by atoms with Crippen LogP contribution in [0.3, 0.4) is 0 Å². The minimum atomic E-state index is -0.891. The molecule has 0 amide bonds. The Morgan fingerprint density at radius 1 is 1.14 bits per heavy atom. The second-order valence-electron chi connectivity index (χ2n) is 8.60. The molecule has 2 N–H and O–H groups in total. The zero-order valence-corrected chi connectivity index (χ0v) is 20.3. The lowest BCUT2D eigenvalue weighted by atomic mass is 9.83. The van der Waals surface area contributed by atoms with Gasteiger partial charge < -0.3 is 29.1 Å². The number of carbonyl (C=O) groups is 1. The van der Waals surface area contributed by atoms with Gasteiger partial charge in [-0.25, -0.2) is 9.59 Å². The van der Waals surface area contributed by atoms with Crippen LogP contribution in [0.5, 0.6) is 17.2 Å². The molecule has 8 heteroatoms. The second kappa shape index (κ2) is 10.1. The Balaban J connectivity index is 1.89. The molecule has 0 spiro atoms. The molecule has 0 fully saturated rings. The predicted molar refractivity (Wildman–Crippen MR) is 131 cm³/mol. The number of ether oxygens (including phenoxy) is 4. The van der Waals surface area contributed by atoms with Gasteiger partial charge in [0.1, 0.15) is 11.2 Å². The molecular weight excluding hydrogens is 450 g/mol. The number of hydrogen-bond acceptors (Lipinski definition) is 8. The molecule has 2 heterocycles. The third-order valence-electron chi connectivity index (χ3n) is 5.82. The van der Waals surface area contributed by atoms with Crippen LogP contribution >= 0.6 is 0 Å². The minimum absolute atomic E-state index is 0.0254. The number of hydrogen-bond donors (Lipinski definition) is 1. The quantitative estimate of drug-likeness (QED) is 0.372. The first-order chi connectivity index (χ1) is 16.8. The third-order valence-corrected chi connectivity index (χ3v) is 5.82. The number of para-hydroxylation sites is 1. The first kappa shape index (κ1) is 24.2. The van der Waals surface area contributed by atoms with Crippen molar-refractivity contribution in [2.24, 2.45) is 11.7 Å². The Bertz CT molecular complexity index is 1340. The SMILES string of the molecule is CCOC(=O)C1=C(N)Oc2c(c(=O)oc3ccccc23)[C@@H]1c1ccc(OCCC(C)C)c(OC)c1. The molecule has 8 nitrogen and oxygen atoms in total. The Kier molecular flexibility index (Phi) is 7.00. The monoisotopic (exact) mass is 479 g/mol. The van der Waals surface area contributed by atoms with Crippen molar-refractivity contribution in [3.8, 4) is 17.2 Å². The molecule has 1 atom stereocenters. The average Bonchev–Trinajstić information content (AvgIpc) is 2.83. The van der Waals surface area contributed by atoms with Crippen molar-refractivity contribution >= 4 is 16.9 Å². The molecule has 1 aromatic heterocycles. The van der Waals surface area contributed by atoms with Gasteiger partial charge in [0, 0.05) is 0 Å². The molecule has 0 bridgehead atoms. The van der Waals surface area contributed by atoms with Crippen LogP contribution < -0.4 is 25.6 Å². The molecule has 1 aliphatic heterocycles. The van der Waals surface area contributed by atoms with Crippen LogP contribution in [0.25, 0.3) is 11.0 Å². The summed E-state index contributed by atoms with van der Waals surface area (Å²) in [7, 11) is 1.53. The van der Waals surface area contributed by atoms with Crippen LogP contribution in [-0.2, 0) is 9.53 Å². The van der Waals surface area contributed by atoms with Crippen molar-refractivity contribution < 1.29 is 28.2 Å². The summed E-state index contributed by atoms with van der Waals surface area (Å²) in [5.41, 5.74) is 6.75. The number of benzene rings is 2. The van der Waals surface area contributed by atoms with E-state index >= 15 is 0 Å². The Labute approximate surface area is 203 Å². The summed E-state index contributed by atoms with van der Waals surface area (Å²) < 4.78 is 28.2. The second-order valence-corrected chi connectivity index (χ2v) is 8.60. The van der Waals surface area contributed by atoms with Crippen LogP contribution in [-0.4, -0.2) is 26.3 Å². The summed E-state index contributed by atoms with van der Waals surface area (Å²) in [6.45, 7) is 6.59. The highest BCUT2D eigenvalue weighted by atomic mass is 16.5. The Morgan fingerprint density at radius 2 is 1.91 bits per heavy atom. The molecule has 4 rings (SSSR count). The van der Waals surface area contributed by atoms with Gasteiger partial charge in [-0.2, -0.15) is 0 Å². The van der Waals surface area contributed by atoms with E-state index in [4.69, 9.17) is 29.1 Å². The lowest BCUT2D eigenvalue weighted by Crippen LogP contribution is -2.31. The van der Waals surface area contributed by atoms with Gasteiger partial charge in [0.15, 0.2) is 17.2 Å². The topological polar surface area (TPSA) is 110 Å². The van der Waals surface area contributed by atoms with Crippen molar-refractivity contribution in [3.63, 3.8) is 0 Å². The van der Waals surface area contributed by atoms with E-state index in [1.807, 2.05) is 0 Å². The van der Waals surface area contributed by atoms with Crippen LogP contribution in [0, 0.1) is 5.92 Å². The van der Waals surface area contributed by atoms with E-state index in [1.54, 1.807) is 49.4 Å². The highest BCUT2D eigenvalue weighted by molar-refractivity contribution is 5.94. The van der Waals surface area contributed by atoms with Crippen molar-refractivity contribution in [3.05, 3.63) is 75.5 Å². The normalized spacial score (nSPS) is 15.1. The third kappa shape index (κ3) is 4.69. The van der Waals surface area contributed by atoms with Gasteiger partial charge in [-0.05, 0) is 49.1 Å². The number of methoxy groups -OCH3 is 1. The van der Waals surface area contributed by atoms with E-state index < -0.39 is 17.5 Å². The van der Waals surface area contributed by atoms with E-state index in [9.17, 15) is 9.59 Å². The Morgan fingerprint density at radius 3 is 2.63 bits per heavy atom. The molecule has 0 saturated carbocycles.